The van der Waals surface area contributed by atoms with Crippen molar-refractivity contribution in [3.63, 3.8) is 0 Å². The van der Waals surface area contributed by atoms with Crippen LogP contribution in [0.5, 0.6) is 0 Å². The minimum absolute atomic E-state index is 0.198. The molecule has 7 heteroatoms. The fourth-order valence-corrected chi connectivity index (χ4v) is 3.92. The van der Waals surface area contributed by atoms with Gasteiger partial charge in [0.25, 0.3) is 5.91 Å². The molecule has 28 heavy (non-hydrogen) atoms. The molecule has 3 aromatic rings. The van der Waals surface area contributed by atoms with Crippen molar-refractivity contribution in [2.75, 3.05) is 0 Å². The summed E-state index contributed by atoms with van der Waals surface area (Å²) < 4.78 is 2.43. The second kappa shape index (κ2) is 8.67. The van der Waals surface area contributed by atoms with Crippen molar-refractivity contribution >= 4 is 39.1 Å². The topological polar surface area (TPSA) is 71.7 Å². The van der Waals surface area contributed by atoms with E-state index in [1.807, 2.05) is 35.7 Å². The Morgan fingerprint density at radius 2 is 1.71 bits per heavy atom. The summed E-state index contributed by atoms with van der Waals surface area (Å²) in [5.41, 5.74) is 2.04. The number of thiazole rings is 1. The Kier molecular flexibility index (Phi) is 6.26. The smallest absolute Gasteiger partial charge is 0.328 e. The number of hydrogen-bond acceptors (Lipinski definition) is 4. The molecule has 0 radical (unpaired) electrons. The Morgan fingerprint density at radius 1 is 1.07 bits per heavy atom. The van der Waals surface area contributed by atoms with Gasteiger partial charge in [0.15, 0.2) is 10.8 Å². The van der Waals surface area contributed by atoms with Gasteiger partial charge in [0.2, 0.25) is 0 Å². The average Bonchev–Trinajstić information content (AvgIpc) is 3.10. The highest BCUT2D eigenvalue weighted by molar-refractivity contribution is 9.10. The molecule has 1 aromatic heterocycles. The Balaban J connectivity index is 2.22. The number of halogens is 1. The number of aliphatic carboxylic acids is 1. The van der Waals surface area contributed by atoms with Crippen LogP contribution in [0, 0.1) is 5.92 Å². The molecule has 3 rings (SSSR count). The van der Waals surface area contributed by atoms with Crippen molar-refractivity contribution in [3.8, 4) is 11.3 Å². The lowest BCUT2D eigenvalue weighted by molar-refractivity contribution is -0.139. The van der Waals surface area contributed by atoms with E-state index in [9.17, 15) is 14.7 Å². The minimum atomic E-state index is -1.01. The van der Waals surface area contributed by atoms with Gasteiger partial charge in [-0.05, 0) is 35.7 Å². The van der Waals surface area contributed by atoms with Gasteiger partial charge in [0.05, 0.1) is 5.69 Å². The van der Waals surface area contributed by atoms with Gasteiger partial charge in [-0.2, -0.15) is 0 Å². The van der Waals surface area contributed by atoms with E-state index >= 15 is 0 Å². The summed E-state index contributed by atoms with van der Waals surface area (Å²) in [6, 6.07) is 15.6. The number of benzene rings is 2. The molecular formula is C21H19BrN2O3S. The van der Waals surface area contributed by atoms with Crippen LogP contribution in [0.25, 0.3) is 11.3 Å². The van der Waals surface area contributed by atoms with Crippen molar-refractivity contribution in [2.45, 2.75) is 19.9 Å². The molecule has 0 saturated carbocycles. The summed E-state index contributed by atoms with van der Waals surface area (Å²) in [6.07, 6.45) is 0. The summed E-state index contributed by atoms with van der Waals surface area (Å²) >= 11 is 4.68. The maximum atomic E-state index is 13.3. The van der Waals surface area contributed by atoms with Crippen LogP contribution in [0.1, 0.15) is 24.2 Å². The third-order valence-electron chi connectivity index (χ3n) is 4.21. The van der Waals surface area contributed by atoms with Crippen LogP contribution in [0.4, 0.5) is 0 Å². The van der Waals surface area contributed by atoms with Crippen molar-refractivity contribution in [3.05, 3.63) is 74.8 Å². The van der Waals surface area contributed by atoms with Gasteiger partial charge in [-0.1, -0.05) is 60.1 Å². The van der Waals surface area contributed by atoms with E-state index in [-0.39, 0.29) is 11.8 Å². The van der Waals surface area contributed by atoms with Gasteiger partial charge in [-0.3, -0.25) is 9.36 Å². The Bertz CT molecular complexity index is 1050. The number of carbonyl (C=O) groups is 2. The highest BCUT2D eigenvalue weighted by atomic mass is 79.9. The van der Waals surface area contributed by atoms with Crippen molar-refractivity contribution in [2.24, 2.45) is 10.9 Å². The summed E-state index contributed by atoms with van der Waals surface area (Å²) in [5.74, 6) is -1.45. The lowest BCUT2D eigenvalue weighted by Crippen LogP contribution is -2.31. The van der Waals surface area contributed by atoms with E-state index in [4.69, 9.17) is 0 Å². The number of aromatic nitrogens is 1. The van der Waals surface area contributed by atoms with Crippen LogP contribution in [-0.4, -0.2) is 27.6 Å². The molecule has 0 fully saturated rings. The standard InChI is InChI=1S/C21H19BrN2O3S/c1-13(2)18(20(26)27)23-21-24(19(25)15-6-4-3-5-7-15)17(12-28-21)14-8-10-16(22)11-9-14/h3-13,18H,1-2H3,(H,26,27). The molecule has 1 atom stereocenters. The zero-order valence-electron chi connectivity index (χ0n) is 15.4. The Labute approximate surface area is 175 Å². The summed E-state index contributed by atoms with van der Waals surface area (Å²) in [4.78, 5) is 29.7. The molecule has 0 amide bonds. The number of hydrogen-bond donors (Lipinski definition) is 1. The second-order valence-corrected chi connectivity index (χ2v) is 8.33. The van der Waals surface area contributed by atoms with Crippen molar-refractivity contribution in [1.29, 1.82) is 0 Å². The lowest BCUT2D eigenvalue weighted by Gasteiger charge is -2.12. The predicted octanol–water partition coefficient (Wildman–Crippen LogP) is 4.68. The number of rotatable bonds is 5. The number of nitrogens with zero attached hydrogens (tertiary/aromatic N) is 2. The van der Waals surface area contributed by atoms with Gasteiger partial charge in [0, 0.05) is 15.4 Å². The zero-order chi connectivity index (χ0) is 20.3. The van der Waals surface area contributed by atoms with Crippen LogP contribution in [0.15, 0.2) is 69.4 Å². The first kappa shape index (κ1) is 20.2. The Hall–Kier alpha value is -2.51. The molecule has 0 aliphatic carbocycles. The molecule has 5 nitrogen and oxygen atoms in total. The number of carboxylic acid groups (broad SMARTS) is 1. The van der Waals surface area contributed by atoms with Gasteiger partial charge in [0.1, 0.15) is 0 Å². The first-order chi connectivity index (χ1) is 13.4. The maximum Gasteiger partial charge on any atom is 0.328 e. The molecule has 144 valence electrons. The second-order valence-electron chi connectivity index (χ2n) is 6.57. The Morgan fingerprint density at radius 3 is 2.29 bits per heavy atom. The summed E-state index contributed by atoms with van der Waals surface area (Å²) in [6.45, 7) is 3.60. The predicted molar refractivity (Wildman–Crippen MR) is 113 cm³/mol. The quantitative estimate of drug-likeness (QED) is 0.603. The van der Waals surface area contributed by atoms with Crippen LogP contribution < -0.4 is 4.80 Å². The average molecular weight is 459 g/mol. The van der Waals surface area contributed by atoms with E-state index in [1.165, 1.54) is 15.9 Å². The highest BCUT2D eigenvalue weighted by Gasteiger charge is 2.23. The first-order valence-corrected chi connectivity index (χ1v) is 10.4. The van der Waals surface area contributed by atoms with E-state index in [0.29, 0.717) is 16.1 Å². The molecule has 0 aliphatic rings. The fourth-order valence-electron chi connectivity index (χ4n) is 2.74. The fraction of sp³-hybridized carbons (Fsp3) is 0.190. The molecule has 1 unspecified atom stereocenters. The lowest BCUT2D eigenvalue weighted by atomic mass is 10.1. The van der Waals surface area contributed by atoms with Crippen LogP contribution in [-0.2, 0) is 4.79 Å². The molecule has 1 N–H and O–H groups in total. The molecule has 0 bridgehead atoms. The van der Waals surface area contributed by atoms with E-state index in [2.05, 4.69) is 20.9 Å². The van der Waals surface area contributed by atoms with E-state index < -0.39 is 12.0 Å². The summed E-state index contributed by atoms with van der Waals surface area (Å²) in [5, 5.41) is 11.4. The molecular weight excluding hydrogens is 440 g/mol. The van der Waals surface area contributed by atoms with Gasteiger partial charge in [-0.15, -0.1) is 11.3 Å². The largest absolute Gasteiger partial charge is 0.480 e. The van der Waals surface area contributed by atoms with Crippen molar-refractivity contribution in [1.82, 2.24) is 4.57 Å². The highest BCUT2D eigenvalue weighted by Crippen LogP contribution is 2.23. The minimum Gasteiger partial charge on any atom is -0.480 e. The molecule has 1 heterocycles. The van der Waals surface area contributed by atoms with Crippen molar-refractivity contribution < 1.29 is 14.7 Å². The number of carbonyl (C=O) groups excluding carboxylic acids is 1. The zero-order valence-corrected chi connectivity index (χ0v) is 17.8. The van der Waals surface area contributed by atoms with Crippen LogP contribution >= 0.6 is 27.3 Å². The third-order valence-corrected chi connectivity index (χ3v) is 5.57. The molecule has 0 spiro atoms. The summed E-state index contributed by atoms with van der Waals surface area (Å²) in [7, 11) is 0. The van der Waals surface area contributed by atoms with E-state index in [1.54, 1.807) is 38.1 Å². The third kappa shape index (κ3) is 4.31. The number of carboxylic acids is 1. The SMILES string of the molecule is CC(C)C(N=c1scc(-c2ccc(Br)cc2)n1C(=O)c1ccccc1)C(=O)O. The van der Waals surface area contributed by atoms with Gasteiger partial charge in [-0.25, -0.2) is 9.79 Å². The van der Waals surface area contributed by atoms with E-state index in [0.717, 1.165) is 10.0 Å². The maximum absolute atomic E-state index is 13.3. The normalized spacial score (nSPS) is 12.9. The molecule has 2 aromatic carbocycles. The van der Waals surface area contributed by atoms with Crippen LogP contribution in [0.3, 0.4) is 0 Å². The van der Waals surface area contributed by atoms with Crippen LogP contribution in [0.2, 0.25) is 0 Å². The first-order valence-electron chi connectivity index (χ1n) is 8.71. The monoisotopic (exact) mass is 458 g/mol. The van der Waals surface area contributed by atoms with Gasteiger partial charge < -0.3 is 5.11 Å². The molecule has 0 saturated heterocycles. The molecule has 0 aliphatic heterocycles. The van der Waals surface area contributed by atoms with Gasteiger partial charge >= 0.3 is 5.97 Å².